The number of nitrogens with zero attached hydrogens (tertiary/aromatic N) is 1. The normalized spacial score (nSPS) is 29.8. The number of aliphatic hydroxyl groups is 1. The standard InChI is InChI=1S/C16H32N2O/c1-18(14-8-3-2-4-9-14)13-7-12-17-15-10-5-6-11-16(15)19/h14-17,19H,2-13H2,1H3/t15-,16-/m1/s1. The fourth-order valence-electron chi connectivity index (χ4n) is 3.67. The molecule has 0 aromatic carbocycles. The van der Waals surface area contributed by atoms with Crippen LogP contribution in [-0.2, 0) is 0 Å². The summed E-state index contributed by atoms with van der Waals surface area (Å²) in [7, 11) is 2.28. The second-order valence-electron chi connectivity index (χ2n) is 6.54. The van der Waals surface area contributed by atoms with Crippen LogP contribution in [0.15, 0.2) is 0 Å². The highest BCUT2D eigenvalue weighted by Crippen LogP contribution is 2.21. The van der Waals surface area contributed by atoms with Crippen LogP contribution in [0.3, 0.4) is 0 Å². The minimum absolute atomic E-state index is 0.107. The minimum Gasteiger partial charge on any atom is -0.392 e. The van der Waals surface area contributed by atoms with Crippen molar-refractivity contribution < 1.29 is 5.11 Å². The van der Waals surface area contributed by atoms with Crippen molar-refractivity contribution in [3.05, 3.63) is 0 Å². The van der Waals surface area contributed by atoms with Crippen molar-refractivity contribution in [2.24, 2.45) is 0 Å². The highest BCUT2D eigenvalue weighted by molar-refractivity contribution is 4.80. The van der Waals surface area contributed by atoms with Crippen LogP contribution in [0.4, 0.5) is 0 Å². The van der Waals surface area contributed by atoms with E-state index >= 15 is 0 Å². The van der Waals surface area contributed by atoms with Gasteiger partial charge in [-0.05, 0) is 52.2 Å². The van der Waals surface area contributed by atoms with Crippen molar-refractivity contribution in [1.82, 2.24) is 10.2 Å². The molecule has 0 spiro atoms. The molecular formula is C16H32N2O. The van der Waals surface area contributed by atoms with E-state index < -0.39 is 0 Å². The summed E-state index contributed by atoms with van der Waals surface area (Å²) in [5.74, 6) is 0. The van der Waals surface area contributed by atoms with Gasteiger partial charge in [0.25, 0.3) is 0 Å². The predicted octanol–water partition coefficient (Wildman–Crippen LogP) is 2.53. The molecule has 0 heterocycles. The van der Waals surface area contributed by atoms with Crippen LogP contribution in [0, 0.1) is 0 Å². The maximum atomic E-state index is 9.91. The summed E-state index contributed by atoms with van der Waals surface area (Å²) >= 11 is 0. The van der Waals surface area contributed by atoms with Gasteiger partial charge in [-0.3, -0.25) is 0 Å². The number of hydrogen-bond acceptors (Lipinski definition) is 3. The maximum Gasteiger partial charge on any atom is 0.0693 e. The molecule has 0 aromatic rings. The van der Waals surface area contributed by atoms with E-state index in [1.54, 1.807) is 0 Å². The Balaban J connectivity index is 1.55. The van der Waals surface area contributed by atoms with Crippen LogP contribution in [0.1, 0.15) is 64.2 Å². The molecule has 3 heteroatoms. The molecule has 2 rings (SSSR count). The van der Waals surface area contributed by atoms with E-state index in [4.69, 9.17) is 0 Å². The molecule has 0 bridgehead atoms. The van der Waals surface area contributed by atoms with Crippen LogP contribution in [0.2, 0.25) is 0 Å². The van der Waals surface area contributed by atoms with E-state index in [9.17, 15) is 5.11 Å². The Morgan fingerprint density at radius 1 is 1.00 bits per heavy atom. The Morgan fingerprint density at radius 3 is 2.42 bits per heavy atom. The first-order valence-electron chi connectivity index (χ1n) is 8.39. The summed E-state index contributed by atoms with van der Waals surface area (Å²) in [5.41, 5.74) is 0. The number of nitrogens with one attached hydrogen (secondary N) is 1. The van der Waals surface area contributed by atoms with Crippen molar-refractivity contribution in [2.75, 3.05) is 20.1 Å². The smallest absolute Gasteiger partial charge is 0.0693 e. The van der Waals surface area contributed by atoms with Crippen LogP contribution in [-0.4, -0.2) is 48.3 Å². The Hall–Kier alpha value is -0.120. The summed E-state index contributed by atoms with van der Waals surface area (Å²) in [6.07, 6.45) is 12.8. The SMILES string of the molecule is CN(CCCN[C@@H]1CCCC[C@H]1O)C1CCCCC1. The van der Waals surface area contributed by atoms with Crippen LogP contribution >= 0.6 is 0 Å². The average molecular weight is 268 g/mol. The van der Waals surface area contributed by atoms with Gasteiger partial charge < -0.3 is 15.3 Å². The Bertz CT molecular complexity index is 241. The largest absolute Gasteiger partial charge is 0.392 e. The van der Waals surface area contributed by atoms with E-state index in [1.807, 2.05) is 0 Å². The lowest BCUT2D eigenvalue weighted by atomic mass is 9.92. The molecule has 0 aliphatic heterocycles. The lowest BCUT2D eigenvalue weighted by Crippen LogP contribution is -2.43. The molecule has 0 aromatic heterocycles. The van der Waals surface area contributed by atoms with Crippen molar-refractivity contribution >= 4 is 0 Å². The third kappa shape index (κ3) is 5.05. The monoisotopic (exact) mass is 268 g/mol. The minimum atomic E-state index is -0.107. The molecule has 0 radical (unpaired) electrons. The lowest BCUT2D eigenvalue weighted by molar-refractivity contribution is 0.0901. The zero-order chi connectivity index (χ0) is 13.5. The first kappa shape index (κ1) is 15.3. The molecule has 19 heavy (non-hydrogen) atoms. The fraction of sp³-hybridized carbons (Fsp3) is 1.00. The molecule has 2 aliphatic rings. The first-order valence-corrected chi connectivity index (χ1v) is 8.39. The van der Waals surface area contributed by atoms with Gasteiger partial charge in [0.1, 0.15) is 0 Å². The fourth-order valence-corrected chi connectivity index (χ4v) is 3.67. The van der Waals surface area contributed by atoms with Gasteiger partial charge in [-0.2, -0.15) is 0 Å². The van der Waals surface area contributed by atoms with Crippen LogP contribution in [0.5, 0.6) is 0 Å². The van der Waals surface area contributed by atoms with Gasteiger partial charge in [-0.1, -0.05) is 32.1 Å². The van der Waals surface area contributed by atoms with Gasteiger partial charge in [0.2, 0.25) is 0 Å². The van der Waals surface area contributed by atoms with Crippen molar-refractivity contribution in [3.63, 3.8) is 0 Å². The second-order valence-corrected chi connectivity index (χ2v) is 6.54. The molecule has 2 atom stereocenters. The summed E-state index contributed by atoms with van der Waals surface area (Å²) in [5, 5.41) is 13.5. The van der Waals surface area contributed by atoms with Crippen molar-refractivity contribution in [1.29, 1.82) is 0 Å². The molecular weight excluding hydrogens is 236 g/mol. The zero-order valence-electron chi connectivity index (χ0n) is 12.6. The Morgan fingerprint density at radius 2 is 1.68 bits per heavy atom. The van der Waals surface area contributed by atoms with Gasteiger partial charge in [0, 0.05) is 12.1 Å². The highest BCUT2D eigenvalue weighted by Gasteiger charge is 2.22. The van der Waals surface area contributed by atoms with Crippen molar-refractivity contribution in [3.8, 4) is 0 Å². The Labute approximate surface area is 118 Å². The third-order valence-corrected chi connectivity index (χ3v) is 5.02. The van der Waals surface area contributed by atoms with Crippen LogP contribution < -0.4 is 5.32 Å². The quantitative estimate of drug-likeness (QED) is 0.727. The predicted molar refractivity (Wildman–Crippen MR) is 80.4 cm³/mol. The molecule has 2 aliphatic carbocycles. The third-order valence-electron chi connectivity index (χ3n) is 5.02. The molecule has 2 N–H and O–H groups in total. The van der Waals surface area contributed by atoms with E-state index in [-0.39, 0.29) is 6.10 Å². The molecule has 0 amide bonds. The second kappa shape index (κ2) is 8.23. The summed E-state index contributed by atoms with van der Waals surface area (Å²) in [6.45, 7) is 2.25. The molecule has 0 saturated heterocycles. The number of hydrogen-bond donors (Lipinski definition) is 2. The van der Waals surface area contributed by atoms with Gasteiger partial charge in [-0.25, -0.2) is 0 Å². The zero-order valence-corrected chi connectivity index (χ0v) is 12.6. The van der Waals surface area contributed by atoms with Gasteiger partial charge in [0.15, 0.2) is 0 Å². The first-order chi connectivity index (χ1) is 9.27. The van der Waals surface area contributed by atoms with E-state index in [0.29, 0.717) is 6.04 Å². The lowest BCUT2D eigenvalue weighted by Gasteiger charge is -2.32. The summed E-state index contributed by atoms with van der Waals surface area (Å²) in [6, 6.07) is 1.18. The van der Waals surface area contributed by atoms with E-state index in [1.165, 1.54) is 57.9 Å². The summed E-state index contributed by atoms with van der Waals surface area (Å²) in [4.78, 5) is 2.55. The van der Waals surface area contributed by atoms with Gasteiger partial charge in [0.05, 0.1) is 6.10 Å². The van der Waals surface area contributed by atoms with Crippen molar-refractivity contribution in [2.45, 2.75) is 82.4 Å². The molecule has 112 valence electrons. The molecule has 3 nitrogen and oxygen atoms in total. The van der Waals surface area contributed by atoms with Gasteiger partial charge >= 0.3 is 0 Å². The number of rotatable bonds is 6. The topological polar surface area (TPSA) is 35.5 Å². The average Bonchev–Trinajstić information content (AvgIpc) is 2.46. The molecule has 2 fully saturated rings. The number of aliphatic hydroxyl groups excluding tert-OH is 1. The van der Waals surface area contributed by atoms with E-state index in [0.717, 1.165) is 25.4 Å². The maximum absolute atomic E-state index is 9.91. The summed E-state index contributed by atoms with van der Waals surface area (Å²) < 4.78 is 0. The van der Waals surface area contributed by atoms with Crippen LogP contribution in [0.25, 0.3) is 0 Å². The van der Waals surface area contributed by atoms with E-state index in [2.05, 4.69) is 17.3 Å². The van der Waals surface area contributed by atoms with Gasteiger partial charge in [-0.15, -0.1) is 0 Å². The highest BCUT2D eigenvalue weighted by atomic mass is 16.3. The Kier molecular flexibility index (Phi) is 6.62. The molecule has 0 unspecified atom stereocenters. The molecule has 2 saturated carbocycles.